The van der Waals surface area contributed by atoms with Crippen molar-refractivity contribution < 1.29 is 4.79 Å². The standard InChI is InChI=1S/C22H22N4O/c1-3-4-12-22(27)23-18-14-20-19(13-15(18)2)24-26(25-20)21-11-7-9-16-8-5-6-10-17(16)21/h5-11,13-14H,3-4,12H2,1-2H3,(H,23,27). The van der Waals surface area contributed by atoms with Crippen LogP contribution in [-0.4, -0.2) is 20.9 Å². The van der Waals surface area contributed by atoms with Crippen LogP contribution in [0.15, 0.2) is 54.6 Å². The molecule has 1 heterocycles. The molecule has 0 aliphatic rings. The smallest absolute Gasteiger partial charge is 0.224 e. The molecule has 0 saturated carbocycles. The Morgan fingerprint density at radius 2 is 1.78 bits per heavy atom. The van der Waals surface area contributed by atoms with E-state index in [2.05, 4.69) is 40.6 Å². The molecule has 0 unspecified atom stereocenters. The molecular weight excluding hydrogens is 336 g/mol. The summed E-state index contributed by atoms with van der Waals surface area (Å²) in [7, 11) is 0. The van der Waals surface area contributed by atoms with Crippen molar-refractivity contribution >= 4 is 33.4 Å². The lowest BCUT2D eigenvalue weighted by Gasteiger charge is -2.07. The largest absolute Gasteiger partial charge is 0.326 e. The third-order valence-corrected chi connectivity index (χ3v) is 4.74. The topological polar surface area (TPSA) is 59.8 Å². The Balaban J connectivity index is 1.73. The summed E-state index contributed by atoms with van der Waals surface area (Å²) in [6.07, 6.45) is 2.44. The fraction of sp³-hybridized carbons (Fsp3) is 0.227. The molecule has 0 atom stereocenters. The van der Waals surface area contributed by atoms with Gasteiger partial charge in [-0.2, -0.15) is 0 Å². The number of anilines is 1. The summed E-state index contributed by atoms with van der Waals surface area (Å²) in [5.74, 6) is 0.0424. The maximum Gasteiger partial charge on any atom is 0.224 e. The van der Waals surface area contributed by atoms with Crippen molar-refractivity contribution in [3.8, 4) is 5.69 Å². The van der Waals surface area contributed by atoms with Gasteiger partial charge in [-0.25, -0.2) is 0 Å². The van der Waals surface area contributed by atoms with Gasteiger partial charge in [-0.15, -0.1) is 15.0 Å². The van der Waals surface area contributed by atoms with E-state index in [1.165, 1.54) is 0 Å². The molecule has 0 aliphatic heterocycles. The molecule has 0 aliphatic carbocycles. The van der Waals surface area contributed by atoms with Crippen LogP contribution in [0.5, 0.6) is 0 Å². The highest BCUT2D eigenvalue weighted by atomic mass is 16.1. The maximum absolute atomic E-state index is 12.1. The van der Waals surface area contributed by atoms with Crippen LogP contribution in [-0.2, 0) is 4.79 Å². The minimum atomic E-state index is 0.0424. The first-order chi connectivity index (χ1) is 13.2. The van der Waals surface area contributed by atoms with Crippen LogP contribution >= 0.6 is 0 Å². The molecule has 0 bridgehead atoms. The number of benzene rings is 3. The monoisotopic (exact) mass is 358 g/mol. The third-order valence-electron chi connectivity index (χ3n) is 4.74. The minimum absolute atomic E-state index is 0.0424. The van der Waals surface area contributed by atoms with Crippen LogP contribution in [0, 0.1) is 6.92 Å². The Hall–Kier alpha value is -3.21. The van der Waals surface area contributed by atoms with E-state index in [0.717, 1.165) is 51.6 Å². The number of hydrogen-bond acceptors (Lipinski definition) is 3. The van der Waals surface area contributed by atoms with Crippen molar-refractivity contribution in [3.05, 3.63) is 60.2 Å². The lowest BCUT2D eigenvalue weighted by molar-refractivity contribution is -0.116. The maximum atomic E-state index is 12.1. The Labute approximate surface area is 158 Å². The number of carbonyl (C=O) groups is 1. The van der Waals surface area contributed by atoms with Gasteiger partial charge in [0.2, 0.25) is 5.91 Å². The van der Waals surface area contributed by atoms with E-state index in [1.807, 2.05) is 43.3 Å². The Morgan fingerprint density at radius 3 is 2.59 bits per heavy atom. The quantitative estimate of drug-likeness (QED) is 0.545. The first-order valence-electron chi connectivity index (χ1n) is 9.31. The highest BCUT2D eigenvalue weighted by Gasteiger charge is 2.12. The van der Waals surface area contributed by atoms with E-state index >= 15 is 0 Å². The van der Waals surface area contributed by atoms with Gasteiger partial charge < -0.3 is 5.32 Å². The van der Waals surface area contributed by atoms with Gasteiger partial charge in [-0.3, -0.25) is 4.79 Å². The zero-order valence-corrected chi connectivity index (χ0v) is 15.6. The molecule has 0 radical (unpaired) electrons. The predicted octanol–water partition coefficient (Wildman–Crippen LogP) is 5.01. The molecule has 0 spiro atoms. The third kappa shape index (κ3) is 3.40. The Bertz CT molecular complexity index is 1120. The number of unbranched alkanes of at least 4 members (excludes halogenated alkanes) is 1. The van der Waals surface area contributed by atoms with E-state index in [9.17, 15) is 4.79 Å². The number of rotatable bonds is 5. The van der Waals surface area contributed by atoms with Crippen molar-refractivity contribution in [2.75, 3.05) is 5.32 Å². The second-order valence-electron chi connectivity index (χ2n) is 6.80. The zero-order chi connectivity index (χ0) is 18.8. The SMILES string of the molecule is CCCCC(=O)Nc1cc2nn(-c3cccc4ccccc34)nc2cc1C. The van der Waals surface area contributed by atoms with Crippen molar-refractivity contribution in [3.63, 3.8) is 0 Å². The van der Waals surface area contributed by atoms with Gasteiger partial charge >= 0.3 is 0 Å². The Kier molecular flexibility index (Phi) is 4.59. The van der Waals surface area contributed by atoms with E-state index in [0.29, 0.717) is 6.42 Å². The van der Waals surface area contributed by atoms with Crippen molar-refractivity contribution in [1.29, 1.82) is 0 Å². The van der Waals surface area contributed by atoms with Gasteiger partial charge in [0.1, 0.15) is 11.0 Å². The van der Waals surface area contributed by atoms with Gasteiger partial charge in [-0.1, -0.05) is 49.7 Å². The van der Waals surface area contributed by atoms with Gasteiger partial charge in [0.25, 0.3) is 0 Å². The highest BCUT2D eigenvalue weighted by molar-refractivity contribution is 5.94. The molecular formula is C22H22N4O. The first-order valence-corrected chi connectivity index (χ1v) is 9.31. The molecule has 5 heteroatoms. The van der Waals surface area contributed by atoms with Crippen LogP contribution in [0.1, 0.15) is 31.7 Å². The van der Waals surface area contributed by atoms with Crippen molar-refractivity contribution in [2.45, 2.75) is 33.1 Å². The summed E-state index contributed by atoms with van der Waals surface area (Å²) in [5.41, 5.74) is 4.30. The number of amides is 1. The minimum Gasteiger partial charge on any atom is -0.326 e. The fourth-order valence-electron chi connectivity index (χ4n) is 3.24. The average Bonchev–Trinajstić information content (AvgIpc) is 3.08. The second-order valence-corrected chi connectivity index (χ2v) is 6.80. The number of fused-ring (bicyclic) bond motifs is 2. The fourth-order valence-corrected chi connectivity index (χ4v) is 3.24. The van der Waals surface area contributed by atoms with Gasteiger partial charge in [0.15, 0.2) is 0 Å². The van der Waals surface area contributed by atoms with Crippen molar-refractivity contribution in [1.82, 2.24) is 15.0 Å². The Morgan fingerprint density at radius 1 is 1.04 bits per heavy atom. The number of hydrogen-bond donors (Lipinski definition) is 1. The van der Waals surface area contributed by atoms with Crippen LogP contribution in [0.3, 0.4) is 0 Å². The lowest BCUT2D eigenvalue weighted by Crippen LogP contribution is -2.11. The summed E-state index contributed by atoms with van der Waals surface area (Å²) >= 11 is 0. The molecule has 136 valence electrons. The normalized spacial score (nSPS) is 11.2. The first kappa shape index (κ1) is 17.2. The van der Waals surface area contributed by atoms with Gasteiger partial charge in [0, 0.05) is 17.5 Å². The molecule has 0 saturated heterocycles. The number of aromatic nitrogens is 3. The number of aryl methyl sites for hydroxylation is 1. The molecule has 27 heavy (non-hydrogen) atoms. The second kappa shape index (κ2) is 7.19. The summed E-state index contributed by atoms with van der Waals surface area (Å²) in [6.45, 7) is 4.06. The van der Waals surface area contributed by atoms with Crippen molar-refractivity contribution in [2.24, 2.45) is 0 Å². The van der Waals surface area contributed by atoms with Gasteiger partial charge in [-0.05, 0) is 42.5 Å². The molecule has 4 rings (SSSR count). The van der Waals surface area contributed by atoms with Gasteiger partial charge in [0.05, 0.1) is 5.69 Å². The average molecular weight is 358 g/mol. The number of nitrogens with zero attached hydrogens (tertiary/aromatic N) is 3. The summed E-state index contributed by atoms with van der Waals surface area (Å²) < 4.78 is 0. The summed E-state index contributed by atoms with van der Waals surface area (Å²) in [6, 6.07) is 18.2. The van der Waals surface area contributed by atoms with E-state index < -0.39 is 0 Å². The lowest BCUT2D eigenvalue weighted by atomic mass is 10.1. The zero-order valence-electron chi connectivity index (χ0n) is 15.6. The molecule has 1 N–H and O–H groups in total. The molecule has 1 aromatic heterocycles. The van der Waals surface area contributed by atoms with Crippen LogP contribution in [0.4, 0.5) is 5.69 Å². The molecule has 1 amide bonds. The number of nitrogens with one attached hydrogen (secondary N) is 1. The predicted molar refractivity (Wildman–Crippen MR) is 109 cm³/mol. The van der Waals surface area contributed by atoms with Crippen LogP contribution < -0.4 is 5.32 Å². The summed E-state index contributed by atoms with van der Waals surface area (Å²) in [4.78, 5) is 13.8. The molecule has 4 aromatic rings. The summed E-state index contributed by atoms with van der Waals surface area (Å²) in [5, 5.41) is 14.6. The van der Waals surface area contributed by atoms with E-state index in [-0.39, 0.29) is 5.91 Å². The highest BCUT2D eigenvalue weighted by Crippen LogP contribution is 2.25. The van der Waals surface area contributed by atoms with Crippen LogP contribution in [0.25, 0.3) is 27.5 Å². The van der Waals surface area contributed by atoms with E-state index in [1.54, 1.807) is 4.80 Å². The number of carbonyl (C=O) groups excluding carboxylic acids is 1. The van der Waals surface area contributed by atoms with E-state index in [4.69, 9.17) is 0 Å². The van der Waals surface area contributed by atoms with Crippen LogP contribution in [0.2, 0.25) is 0 Å². The molecule has 0 fully saturated rings. The molecule has 3 aromatic carbocycles. The molecule has 5 nitrogen and oxygen atoms in total.